The van der Waals surface area contributed by atoms with Crippen molar-refractivity contribution in [2.24, 2.45) is 21.5 Å². The number of anilines is 1. The van der Waals surface area contributed by atoms with Gasteiger partial charge in [-0.1, -0.05) is 6.42 Å². The topological polar surface area (TPSA) is 127 Å². The quantitative estimate of drug-likeness (QED) is 0.654. The minimum Gasteiger partial charge on any atom is -0.492 e. The predicted octanol–water partition coefficient (Wildman–Crippen LogP) is 2.58. The van der Waals surface area contributed by atoms with Gasteiger partial charge in [-0.05, 0) is 60.5 Å². The minimum atomic E-state index is -1.02. The van der Waals surface area contributed by atoms with Crippen LogP contribution in [-0.4, -0.2) is 35.3 Å². The number of ether oxygens (including phenoxy) is 1. The number of rotatable bonds is 2. The van der Waals surface area contributed by atoms with Crippen LogP contribution in [0.3, 0.4) is 0 Å². The number of aliphatic imine (C=N–C) groups is 2. The summed E-state index contributed by atoms with van der Waals surface area (Å²) in [6.45, 7) is 0.494. The van der Waals surface area contributed by atoms with Gasteiger partial charge in [0, 0.05) is 10.0 Å². The van der Waals surface area contributed by atoms with Crippen LogP contribution in [0.5, 0.6) is 5.75 Å². The van der Waals surface area contributed by atoms with Crippen molar-refractivity contribution < 1.29 is 14.6 Å². The van der Waals surface area contributed by atoms with Crippen molar-refractivity contribution in [3.05, 3.63) is 21.7 Å². The monoisotopic (exact) mass is 435 g/mol. The summed E-state index contributed by atoms with van der Waals surface area (Å²) in [7, 11) is 0. The van der Waals surface area contributed by atoms with Gasteiger partial charge < -0.3 is 21.3 Å². The van der Waals surface area contributed by atoms with Gasteiger partial charge in [0.1, 0.15) is 17.0 Å². The number of hydrogen-bond donors (Lipinski definition) is 3. The van der Waals surface area contributed by atoms with Gasteiger partial charge in [0.15, 0.2) is 0 Å². The second kappa shape index (κ2) is 6.70. The Morgan fingerprint density at radius 2 is 2.00 bits per heavy atom. The third kappa shape index (κ3) is 2.93. The molecule has 9 heteroatoms. The number of nitrogens with zero attached hydrogens (tertiary/aromatic N) is 3. The Labute approximate surface area is 165 Å². The van der Waals surface area contributed by atoms with E-state index in [4.69, 9.17) is 21.2 Å². The molecule has 0 saturated heterocycles. The summed E-state index contributed by atoms with van der Waals surface area (Å²) in [6.07, 6.45) is 6.30. The van der Waals surface area contributed by atoms with Crippen molar-refractivity contribution >= 4 is 39.5 Å². The Balaban J connectivity index is 1.94. The highest BCUT2D eigenvalue weighted by Gasteiger charge is 2.45. The largest absolute Gasteiger partial charge is 0.492 e. The molecule has 144 valence electrons. The lowest BCUT2D eigenvalue weighted by molar-refractivity contribution is 0.0691. The Kier molecular flexibility index (Phi) is 4.49. The summed E-state index contributed by atoms with van der Waals surface area (Å²) >= 11 is 3.57. The summed E-state index contributed by atoms with van der Waals surface area (Å²) in [6, 6.07) is 1.58. The number of fused-ring (bicyclic) bond motifs is 1. The molecule has 1 fully saturated rings. The molecule has 3 aliphatic rings. The van der Waals surface area contributed by atoms with Crippen molar-refractivity contribution in [1.29, 1.82) is 0 Å². The molecule has 5 N–H and O–H groups in total. The Hall–Kier alpha value is -2.29. The van der Waals surface area contributed by atoms with E-state index >= 15 is 0 Å². The van der Waals surface area contributed by atoms with E-state index in [9.17, 15) is 9.90 Å². The Morgan fingerprint density at radius 1 is 1.26 bits per heavy atom. The average molecular weight is 436 g/mol. The van der Waals surface area contributed by atoms with Crippen LogP contribution in [0.25, 0.3) is 0 Å². The zero-order chi connectivity index (χ0) is 19.2. The van der Waals surface area contributed by atoms with Gasteiger partial charge in [0.2, 0.25) is 11.9 Å². The zero-order valence-corrected chi connectivity index (χ0v) is 16.5. The van der Waals surface area contributed by atoms with Crippen LogP contribution in [-0.2, 0) is 6.42 Å². The molecule has 0 unspecified atom stereocenters. The molecule has 2 aliphatic heterocycles. The average Bonchev–Trinajstić information content (AvgIpc) is 2.63. The zero-order valence-electron chi connectivity index (χ0n) is 14.9. The number of carboxylic acid groups (broad SMARTS) is 1. The number of hydrogen-bond acceptors (Lipinski definition) is 7. The molecule has 1 saturated carbocycles. The molecular formula is C18H22BrN5O3. The van der Waals surface area contributed by atoms with Crippen molar-refractivity contribution in [2.75, 3.05) is 11.5 Å². The number of benzene rings is 1. The van der Waals surface area contributed by atoms with Gasteiger partial charge >= 0.3 is 5.97 Å². The molecule has 0 amide bonds. The number of carbonyl (C=O) groups is 1. The first-order valence-corrected chi connectivity index (χ1v) is 9.93. The van der Waals surface area contributed by atoms with Gasteiger partial charge in [0.25, 0.3) is 0 Å². The van der Waals surface area contributed by atoms with Crippen molar-refractivity contribution in [3.63, 3.8) is 0 Å². The number of halogens is 1. The van der Waals surface area contributed by atoms with Crippen molar-refractivity contribution in [3.8, 4) is 5.75 Å². The number of aromatic carboxylic acids is 1. The molecule has 0 bridgehead atoms. The SMILES string of the molecule is NC1=NC2(CCCCC2)N(c2c(Br)cc(C(=O)O)c3c2CCCO3)C(N)=N1. The second-order valence-electron chi connectivity index (χ2n) is 7.14. The highest BCUT2D eigenvalue weighted by molar-refractivity contribution is 9.10. The Bertz CT molecular complexity index is 861. The molecule has 1 aromatic rings. The number of nitrogens with two attached hydrogens (primary N) is 2. The molecule has 2 heterocycles. The fraction of sp³-hybridized carbons (Fsp3) is 0.500. The molecule has 1 aliphatic carbocycles. The van der Waals surface area contributed by atoms with Crippen molar-refractivity contribution in [1.82, 2.24) is 0 Å². The van der Waals surface area contributed by atoms with Gasteiger partial charge in [-0.25, -0.2) is 9.79 Å². The lowest BCUT2D eigenvalue weighted by Gasteiger charge is -2.47. The van der Waals surface area contributed by atoms with Crippen LogP contribution < -0.4 is 21.1 Å². The maximum absolute atomic E-state index is 11.7. The van der Waals surface area contributed by atoms with E-state index in [1.165, 1.54) is 0 Å². The third-order valence-electron chi connectivity index (χ3n) is 5.42. The van der Waals surface area contributed by atoms with E-state index in [0.717, 1.165) is 49.8 Å². The summed E-state index contributed by atoms with van der Waals surface area (Å²) in [4.78, 5) is 22.6. The van der Waals surface area contributed by atoms with Gasteiger partial charge in [-0.2, -0.15) is 4.99 Å². The molecule has 0 atom stereocenters. The first kappa shape index (κ1) is 18.1. The van der Waals surface area contributed by atoms with E-state index in [2.05, 4.69) is 20.9 Å². The molecular weight excluding hydrogens is 414 g/mol. The normalized spacial score (nSPS) is 21.1. The molecule has 1 spiro atoms. The number of guanidine groups is 2. The molecule has 8 nitrogen and oxygen atoms in total. The molecule has 27 heavy (non-hydrogen) atoms. The summed E-state index contributed by atoms with van der Waals surface area (Å²) in [5, 5.41) is 9.59. The smallest absolute Gasteiger partial charge is 0.339 e. The summed E-state index contributed by atoms with van der Waals surface area (Å²) in [5.41, 5.74) is 13.5. The van der Waals surface area contributed by atoms with Crippen LogP contribution in [0, 0.1) is 0 Å². The Morgan fingerprint density at radius 3 is 2.70 bits per heavy atom. The van der Waals surface area contributed by atoms with Crippen LogP contribution in [0.2, 0.25) is 0 Å². The molecule has 0 aromatic heterocycles. The van der Waals surface area contributed by atoms with E-state index in [1.54, 1.807) is 6.07 Å². The van der Waals surface area contributed by atoms with Gasteiger partial charge in [0.05, 0.1) is 12.3 Å². The first-order chi connectivity index (χ1) is 12.9. The lowest BCUT2D eigenvalue weighted by atomic mass is 9.86. The van der Waals surface area contributed by atoms with Crippen LogP contribution >= 0.6 is 15.9 Å². The maximum Gasteiger partial charge on any atom is 0.339 e. The molecule has 4 rings (SSSR count). The fourth-order valence-electron chi connectivity index (χ4n) is 4.34. The summed E-state index contributed by atoms with van der Waals surface area (Å²) < 4.78 is 6.41. The van der Waals surface area contributed by atoms with Crippen LogP contribution in [0.15, 0.2) is 20.5 Å². The van der Waals surface area contributed by atoms with E-state index < -0.39 is 11.6 Å². The first-order valence-electron chi connectivity index (χ1n) is 9.14. The van der Waals surface area contributed by atoms with Crippen LogP contribution in [0.1, 0.15) is 54.4 Å². The third-order valence-corrected chi connectivity index (χ3v) is 6.03. The second-order valence-corrected chi connectivity index (χ2v) is 7.99. The van der Waals surface area contributed by atoms with Crippen LogP contribution in [0.4, 0.5) is 5.69 Å². The maximum atomic E-state index is 11.7. The van der Waals surface area contributed by atoms with E-state index in [1.807, 2.05) is 4.90 Å². The highest BCUT2D eigenvalue weighted by atomic mass is 79.9. The number of carboxylic acids is 1. The van der Waals surface area contributed by atoms with Gasteiger partial charge in [-0.15, -0.1) is 0 Å². The van der Waals surface area contributed by atoms with E-state index in [-0.39, 0.29) is 17.5 Å². The van der Waals surface area contributed by atoms with Gasteiger partial charge in [-0.3, -0.25) is 4.90 Å². The minimum absolute atomic E-state index is 0.147. The fourth-order valence-corrected chi connectivity index (χ4v) is 4.99. The highest BCUT2D eigenvalue weighted by Crippen LogP contribution is 2.47. The standard InChI is InChI=1S/C18H22BrN5O3/c19-12-9-11(15(25)26)14-10(5-4-8-27-14)13(12)24-17(21)22-16(20)23-18(24)6-2-1-3-7-18/h9H,1-8H2,(H,25,26)(H4,20,21,22,23). The predicted molar refractivity (Wildman–Crippen MR) is 106 cm³/mol. The molecule has 1 aromatic carbocycles. The van der Waals surface area contributed by atoms with Crippen molar-refractivity contribution in [2.45, 2.75) is 50.6 Å². The summed E-state index contributed by atoms with van der Waals surface area (Å²) in [5.74, 6) is -0.140. The van der Waals surface area contributed by atoms with E-state index in [0.29, 0.717) is 23.2 Å². The lowest BCUT2D eigenvalue weighted by Crippen LogP contribution is -2.58. The molecule has 0 radical (unpaired) electrons.